The highest BCUT2D eigenvalue weighted by molar-refractivity contribution is 7.89. The van der Waals surface area contributed by atoms with E-state index in [1.807, 2.05) is 0 Å². The van der Waals surface area contributed by atoms with Crippen molar-refractivity contribution in [2.24, 2.45) is 11.8 Å². The molecule has 10 heteroatoms. The number of amides is 2. The van der Waals surface area contributed by atoms with Gasteiger partial charge in [0.2, 0.25) is 15.9 Å². The van der Waals surface area contributed by atoms with E-state index < -0.39 is 10.0 Å². The summed E-state index contributed by atoms with van der Waals surface area (Å²) in [7, 11) is -3.62. The fourth-order valence-electron chi connectivity index (χ4n) is 4.30. The summed E-state index contributed by atoms with van der Waals surface area (Å²) in [6.45, 7) is 8.65. The third-order valence-corrected chi connectivity index (χ3v) is 8.07. The molecule has 2 atom stereocenters. The van der Waals surface area contributed by atoms with Gasteiger partial charge in [-0.25, -0.2) is 8.42 Å². The number of benzene rings is 1. The topological polar surface area (TPSA) is 108 Å². The van der Waals surface area contributed by atoms with Crippen molar-refractivity contribution in [3.63, 3.8) is 0 Å². The van der Waals surface area contributed by atoms with E-state index in [2.05, 4.69) is 22.1 Å². The third kappa shape index (κ3) is 4.82. The summed E-state index contributed by atoms with van der Waals surface area (Å²) >= 11 is 0. The zero-order valence-corrected chi connectivity index (χ0v) is 18.1. The molecule has 0 aromatic heterocycles. The smallest absolute Gasteiger partial charge is 0.251 e. The minimum atomic E-state index is -3.62. The van der Waals surface area contributed by atoms with Crippen molar-refractivity contribution in [1.29, 1.82) is 0 Å². The van der Waals surface area contributed by atoms with Crippen LogP contribution >= 0.6 is 0 Å². The molecule has 1 saturated carbocycles. The van der Waals surface area contributed by atoms with E-state index in [-0.39, 0.29) is 34.6 Å². The Kier molecular flexibility index (Phi) is 6.42. The predicted octanol–water partition coefficient (Wildman–Crippen LogP) is -0.330. The number of ether oxygens (including phenoxy) is 1. The van der Waals surface area contributed by atoms with Crippen molar-refractivity contribution in [3.05, 3.63) is 42.5 Å². The maximum Gasteiger partial charge on any atom is 0.251 e. The molecule has 1 aliphatic carbocycles. The molecular formula is C21H28N4O5S. The second kappa shape index (κ2) is 9.07. The summed E-state index contributed by atoms with van der Waals surface area (Å²) in [5, 5.41) is 5.72. The summed E-state index contributed by atoms with van der Waals surface area (Å²) in [6, 6.07) is 6.07. The van der Waals surface area contributed by atoms with Gasteiger partial charge < -0.3 is 15.4 Å². The van der Waals surface area contributed by atoms with E-state index in [4.69, 9.17) is 4.74 Å². The van der Waals surface area contributed by atoms with Crippen molar-refractivity contribution >= 4 is 21.8 Å². The molecular weight excluding hydrogens is 420 g/mol. The van der Waals surface area contributed by atoms with Gasteiger partial charge in [-0.3, -0.25) is 14.5 Å². The average molecular weight is 449 g/mol. The van der Waals surface area contributed by atoms with Gasteiger partial charge in [-0.1, -0.05) is 6.58 Å². The van der Waals surface area contributed by atoms with Gasteiger partial charge in [-0.15, -0.1) is 0 Å². The number of carbonyl (C=O) groups excluding carboxylic acids is 2. The normalized spacial score (nSPS) is 26.1. The SMILES string of the molecule is C=CC(=O)NC1C2CN(S(=O)(=O)c3ccc(C(=O)NCCN4CCOCC4)cc3)CC21. The van der Waals surface area contributed by atoms with E-state index in [9.17, 15) is 18.0 Å². The van der Waals surface area contributed by atoms with E-state index in [0.29, 0.717) is 38.4 Å². The molecule has 2 heterocycles. The number of fused-ring (bicyclic) bond motifs is 1. The number of morpholine rings is 1. The highest BCUT2D eigenvalue weighted by Gasteiger charge is 2.58. The summed E-state index contributed by atoms with van der Waals surface area (Å²) in [4.78, 5) is 26.2. The van der Waals surface area contributed by atoms with Crippen molar-refractivity contribution in [1.82, 2.24) is 19.8 Å². The van der Waals surface area contributed by atoms with Crippen molar-refractivity contribution in [3.8, 4) is 0 Å². The lowest BCUT2D eigenvalue weighted by Gasteiger charge is -2.26. The lowest BCUT2D eigenvalue weighted by molar-refractivity contribution is -0.116. The van der Waals surface area contributed by atoms with Crippen molar-refractivity contribution < 1.29 is 22.7 Å². The molecule has 3 fully saturated rings. The van der Waals surface area contributed by atoms with Crippen LogP contribution in [0.5, 0.6) is 0 Å². The van der Waals surface area contributed by atoms with Gasteiger partial charge in [0.25, 0.3) is 5.91 Å². The van der Waals surface area contributed by atoms with Crippen molar-refractivity contribution in [2.45, 2.75) is 10.9 Å². The Labute approximate surface area is 182 Å². The second-order valence-corrected chi connectivity index (χ2v) is 10.1. The molecule has 2 N–H and O–H groups in total. The number of nitrogens with one attached hydrogen (secondary N) is 2. The Hall–Kier alpha value is -2.27. The standard InChI is InChI=1S/C21H28N4O5S/c1-2-19(26)23-20-17-13-25(14-18(17)20)31(28,29)16-5-3-15(4-6-16)21(27)22-7-8-24-9-11-30-12-10-24/h2-6,17-18,20H,1,7-14H2,(H,22,27)(H,23,26). The molecule has 3 aliphatic rings. The maximum atomic E-state index is 12.9. The number of carbonyl (C=O) groups is 2. The molecule has 0 spiro atoms. The summed E-state index contributed by atoms with van der Waals surface area (Å²) < 4.78 is 32.6. The molecule has 2 unspecified atom stereocenters. The van der Waals surface area contributed by atoms with Gasteiger partial charge in [0.05, 0.1) is 18.1 Å². The molecule has 31 heavy (non-hydrogen) atoms. The van der Waals surface area contributed by atoms with Crippen LogP contribution in [-0.2, 0) is 19.6 Å². The highest BCUT2D eigenvalue weighted by atomic mass is 32.2. The molecule has 2 amide bonds. The van der Waals surface area contributed by atoms with Crippen LogP contribution in [0.1, 0.15) is 10.4 Å². The molecule has 0 bridgehead atoms. The van der Waals surface area contributed by atoms with Gasteiger partial charge in [-0.2, -0.15) is 4.31 Å². The van der Waals surface area contributed by atoms with Gasteiger partial charge in [0.1, 0.15) is 0 Å². The Morgan fingerprint density at radius 2 is 1.77 bits per heavy atom. The number of piperidine rings is 1. The highest BCUT2D eigenvalue weighted by Crippen LogP contribution is 2.47. The largest absolute Gasteiger partial charge is 0.379 e. The Morgan fingerprint density at radius 1 is 1.13 bits per heavy atom. The van der Waals surface area contributed by atoms with Gasteiger partial charge in [-0.05, 0) is 42.2 Å². The van der Waals surface area contributed by atoms with Crippen LogP contribution in [0.4, 0.5) is 0 Å². The molecule has 9 nitrogen and oxygen atoms in total. The number of hydrogen-bond acceptors (Lipinski definition) is 6. The first-order chi connectivity index (χ1) is 14.9. The first kappa shape index (κ1) is 21.9. The van der Waals surface area contributed by atoms with Crippen LogP contribution in [0.15, 0.2) is 41.8 Å². The predicted molar refractivity (Wildman–Crippen MR) is 114 cm³/mol. The van der Waals surface area contributed by atoms with Crippen LogP contribution in [-0.4, -0.2) is 88.0 Å². The van der Waals surface area contributed by atoms with E-state index in [1.165, 1.54) is 22.5 Å². The zero-order valence-electron chi connectivity index (χ0n) is 17.3. The van der Waals surface area contributed by atoms with Crippen LogP contribution in [0.3, 0.4) is 0 Å². The maximum absolute atomic E-state index is 12.9. The third-order valence-electron chi connectivity index (χ3n) is 6.23. The van der Waals surface area contributed by atoms with Crippen molar-refractivity contribution in [2.75, 3.05) is 52.5 Å². The van der Waals surface area contributed by atoms with Crippen LogP contribution < -0.4 is 10.6 Å². The molecule has 1 aromatic carbocycles. The molecule has 2 saturated heterocycles. The first-order valence-corrected chi connectivity index (χ1v) is 12.0. The minimum Gasteiger partial charge on any atom is -0.379 e. The first-order valence-electron chi connectivity index (χ1n) is 10.5. The lowest BCUT2D eigenvalue weighted by atomic mass is 10.2. The van der Waals surface area contributed by atoms with E-state index in [0.717, 1.165) is 19.6 Å². The average Bonchev–Trinajstić information content (AvgIpc) is 3.20. The van der Waals surface area contributed by atoms with Gasteiger partial charge in [0, 0.05) is 50.9 Å². The fraction of sp³-hybridized carbons (Fsp3) is 0.524. The van der Waals surface area contributed by atoms with E-state index >= 15 is 0 Å². The van der Waals surface area contributed by atoms with Crippen LogP contribution in [0, 0.1) is 11.8 Å². The number of nitrogens with zero attached hydrogens (tertiary/aromatic N) is 2. The summed E-state index contributed by atoms with van der Waals surface area (Å²) in [5.41, 5.74) is 0.428. The monoisotopic (exact) mass is 448 g/mol. The molecule has 1 aromatic rings. The number of hydrogen-bond donors (Lipinski definition) is 2. The quantitative estimate of drug-likeness (QED) is 0.528. The van der Waals surface area contributed by atoms with Gasteiger partial charge >= 0.3 is 0 Å². The van der Waals surface area contributed by atoms with Crippen LogP contribution in [0.25, 0.3) is 0 Å². The van der Waals surface area contributed by atoms with Crippen LogP contribution in [0.2, 0.25) is 0 Å². The summed E-state index contributed by atoms with van der Waals surface area (Å²) in [6.07, 6.45) is 1.23. The fourth-order valence-corrected chi connectivity index (χ4v) is 5.82. The molecule has 4 rings (SSSR count). The van der Waals surface area contributed by atoms with Gasteiger partial charge in [0.15, 0.2) is 0 Å². The minimum absolute atomic E-state index is 0.0282. The lowest BCUT2D eigenvalue weighted by Crippen LogP contribution is -2.41. The Morgan fingerprint density at radius 3 is 2.39 bits per heavy atom. The second-order valence-electron chi connectivity index (χ2n) is 8.12. The van der Waals surface area contributed by atoms with E-state index in [1.54, 1.807) is 12.1 Å². The Bertz CT molecular complexity index is 931. The molecule has 2 aliphatic heterocycles. The molecule has 168 valence electrons. The Balaban J connectivity index is 1.28. The zero-order chi connectivity index (χ0) is 22.0. The summed E-state index contributed by atoms with van der Waals surface area (Å²) in [5.74, 6) is -0.154. The number of rotatable bonds is 8. The molecule has 0 radical (unpaired) electrons. The number of sulfonamides is 1.